The first-order valence-corrected chi connectivity index (χ1v) is 7.51. The highest BCUT2D eigenvalue weighted by Gasteiger charge is 2.23. The number of piperazine rings is 1. The van der Waals surface area contributed by atoms with Gasteiger partial charge in [-0.15, -0.1) is 0 Å². The highest BCUT2D eigenvalue weighted by molar-refractivity contribution is 5.55. The smallest absolute Gasteiger partial charge is 0.123 e. The van der Waals surface area contributed by atoms with E-state index >= 15 is 0 Å². The first kappa shape index (κ1) is 15.3. The molecule has 1 aromatic carbocycles. The summed E-state index contributed by atoms with van der Waals surface area (Å²) < 4.78 is 13.6. The Morgan fingerprint density at radius 1 is 1.40 bits per heavy atom. The molecule has 2 atom stereocenters. The highest BCUT2D eigenvalue weighted by Crippen LogP contribution is 2.29. The number of anilines is 1. The summed E-state index contributed by atoms with van der Waals surface area (Å²) in [5, 5.41) is 3.38. The van der Waals surface area contributed by atoms with Gasteiger partial charge in [-0.1, -0.05) is 6.92 Å². The minimum absolute atomic E-state index is 0.157. The number of hydrogen-bond acceptors (Lipinski definition) is 3. The molecule has 1 N–H and O–H groups in total. The number of benzene rings is 1. The molecule has 2 rings (SSSR count). The van der Waals surface area contributed by atoms with Crippen molar-refractivity contribution < 1.29 is 4.39 Å². The van der Waals surface area contributed by atoms with Crippen LogP contribution in [0.5, 0.6) is 0 Å². The summed E-state index contributed by atoms with van der Waals surface area (Å²) in [5.41, 5.74) is 2.23. The van der Waals surface area contributed by atoms with Gasteiger partial charge in [-0.2, -0.15) is 0 Å². The lowest BCUT2D eigenvalue weighted by Crippen LogP contribution is -2.50. The van der Waals surface area contributed by atoms with Gasteiger partial charge >= 0.3 is 0 Å². The fraction of sp³-hybridized carbons (Fsp3) is 0.625. The molecule has 112 valence electrons. The van der Waals surface area contributed by atoms with Crippen LogP contribution in [0, 0.1) is 5.82 Å². The Hall–Kier alpha value is -1.13. The van der Waals surface area contributed by atoms with E-state index in [1.165, 1.54) is 5.69 Å². The molecule has 0 amide bonds. The maximum Gasteiger partial charge on any atom is 0.123 e. The second-order valence-corrected chi connectivity index (χ2v) is 5.76. The predicted octanol–water partition coefficient (Wildman–Crippen LogP) is 2.64. The molecule has 0 saturated carbocycles. The fourth-order valence-electron chi connectivity index (χ4n) is 2.84. The number of nitrogens with one attached hydrogen (secondary N) is 1. The Labute approximate surface area is 121 Å². The Kier molecular flexibility index (Phi) is 5.00. The molecule has 0 bridgehead atoms. The van der Waals surface area contributed by atoms with E-state index in [0.29, 0.717) is 6.04 Å². The van der Waals surface area contributed by atoms with Gasteiger partial charge in [0.25, 0.3) is 0 Å². The third kappa shape index (κ3) is 3.30. The van der Waals surface area contributed by atoms with Crippen molar-refractivity contribution in [3.63, 3.8) is 0 Å². The minimum Gasteiger partial charge on any atom is -0.368 e. The summed E-state index contributed by atoms with van der Waals surface area (Å²) in [7, 11) is 2.16. The minimum atomic E-state index is -0.157. The number of rotatable bonds is 4. The molecule has 4 heteroatoms. The first-order chi connectivity index (χ1) is 9.52. The third-order valence-corrected chi connectivity index (χ3v) is 4.27. The van der Waals surface area contributed by atoms with Gasteiger partial charge in [-0.05, 0) is 51.2 Å². The van der Waals surface area contributed by atoms with E-state index in [-0.39, 0.29) is 11.9 Å². The van der Waals surface area contributed by atoms with Gasteiger partial charge in [-0.25, -0.2) is 4.39 Å². The van der Waals surface area contributed by atoms with Crippen LogP contribution in [-0.2, 0) is 0 Å². The van der Waals surface area contributed by atoms with Gasteiger partial charge < -0.3 is 15.1 Å². The number of nitrogens with zero attached hydrogens (tertiary/aromatic N) is 2. The molecule has 1 aliphatic heterocycles. The molecule has 1 heterocycles. The van der Waals surface area contributed by atoms with E-state index in [1.54, 1.807) is 12.1 Å². The molecule has 0 aliphatic carbocycles. The van der Waals surface area contributed by atoms with Crippen molar-refractivity contribution in [2.75, 3.05) is 38.1 Å². The fourth-order valence-corrected chi connectivity index (χ4v) is 2.84. The molecule has 0 spiro atoms. The zero-order chi connectivity index (χ0) is 14.7. The lowest BCUT2D eigenvalue weighted by atomic mass is 10.0. The second-order valence-electron chi connectivity index (χ2n) is 5.76. The van der Waals surface area contributed by atoms with E-state index in [9.17, 15) is 4.39 Å². The monoisotopic (exact) mass is 279 g/mol. The van der Waals surface area contributed by atoms with Crippen molar-refractivity contribution >= 4 is 5.69 Å². The van der Waals surface area contributed by atoms with Gasteiger partial charge in [0.2, 0.25) is 0 Å². The zero-order valence-corrected chi connectivity index (χ0v) is 13.0. The summed E-state index contributed by atoms with van der Waals surface area (Å²) >= 11 is 0. The van der Waals surface area contributed by atoms with Crippen LogP contribution in [0.4, 0.5) is 10.1 Å². The van der Waals surface area contributed by atoms with E-state index in [1.807, 2.05) is 6.07 Å². The normalized spacial score (nSPS) is 22.1. The van der Waals surface area contributed by atoms with E-state index < -0.39 is 0 Å². The maximum absolute atomic E-state index is 13.6. The summed E-state index contributed by atoms with van der Waals surface area (Å²) in [6.07, 6.45) is 0. The van der Waals surface area contributed by atoms with Crippen LogP contribution in [0.15, 0.2) is 18.2 Å². The summed E-state index contributed by atoms with van der Waals surface area (Å²) in [6.45, 7) is 10.3. The Morgan fingerprint density at radius 3 is 2.80 bits per heavy atom. The predicted molar refractivity (Wildman–Crippen MR) is 82.8 cm³/mol. The average molecular weight is 279 g/mol. The Balaban J connectivity index is 2.26. The van der Waals surface area contributed by atoms with Crippen LogP contribution in [0.25, 0.3) is 0 Å². The van der Waals surface area contributed by atoms with Gasteiger partial charge in [0.15, 0.2) is 0 Å². The van der Waals surface area contributed by atoms with Crippen LogP contribution in [0.3, 0.4) is 0 Å². The van der Waals surface area contributed by atoms with Crippen LogP contribution < -0.4 is 10.2 Å². The zero-order valence-electron chi connectivity index (χ0n) is 13.0. The molecule has 20 heavy (non-hydrogen) atoms. The van der Waals surface area contributed by atoms with E-state index in [4.69, 9.17) is 0 Å². The van der Waals surface area contributed by atoms with Crippen LogP contribution in [0.1, 0.15) is 32.4 Å². The van der Waals surface area contributed by atoms with Gasteiger partial charge in [0, 0.05) is 37.4 Å². The summed E-state index contributed by atoms with van der Waals surface area (Å²) in [4.78, 5) is 4.75. The molecule has 1 aromatic rings. The summed E-state index contributed by atoms with van der Waals surface area (Å²) in [6, 6.07) is 5.86. The highest BCUT2D eigenvalue weighted by atomic mass is 19.1. The van der Waals surface area contributed by atoms with E-state index in [0.717, 1.165) is 31.7 Å². The van der Waals surface area contributed by atoms with Crippen LogP contribution >= 0.6 is 0 Å². The van der Waals surface area contributed by atoms with Crippen molar-refractivity contribution in [3.05, 3.63) is 29.6 Å². The molecule has 2 unspecified atom stereocenters. The number of halogens is 1. The van der Waals surface area contributed by atoms with Crippen LogP contribution in [-0.4, -0.2) is 44.2 Å². The molecule has 1 saturated heterocycles. The lowest BCUT2D eigenvalue weighted by molar-refractivity contribution is 0.234. The Morgan fingerprint density at radius 2 is 2.15 bits per heavy atom. The molecular weight excluding hydrogens is 253 g/mol. The number of likely N-dealkylation sites (N-methyl/N-ethyl adjacent to an activating group) is 1. The first-order valence-electron chi connectivity index (χ1n) is 7.51. The van der Waals surface area contributed by atoms with Crippen molar-refractivity contribution in [2.24, 2.45) is 0 Å². The van der Waals surface area contributed by atoms with Gasteiger partial charge in [0.05, 0.1) is 0 Å². The largest absolute Gasteiger partial charge is 0.368 e. The van der Waals surface area contributed by atoms with Gasteiger partial charge in [-0.3, -0.25) is 0 Å². The molecular formula is C16H26FN3. The van der Waals surface area contributed by atoms with E-state index in [2.05, 4.69) is 42.9 Å². The third-order valence-electron chi connectivity index (χ3n) is 4.27. The van der Waals surface area contributed by atoms with Crippen molar-refractivity contribution in [1.29, 1.82) is 0 Å². The number of hydrogen-bond donors (Lipinski definition) is 1. The average Bonchev–Trinajstić information content (AvgIpc) is 2.42. The molecule has 0 radical (unpaired) electrons. The van der Waals surface area contributed by atoms with Crippen molar-refractivity contribution in [1.82, 2.24) is 10.2 Å². The molecule has 1 aliphatic rings. The van der Waals surface area contributed by atoms with Gasteiger partial charge in [0.1, 0.15) is 5.82 Å². The van der Waals surface area contributed by atoms with Crippen molar-refractivity contribution in [2.45, 2.75) is 32.9 Å². The molecule has 0 aromatic heterocycles. The lowest BCUT2D eigenvalue weighted by Gasteiger charge is -2.40. The quantitative estimate of drug-likeness (QED) is 0.914. The standard InChI is InChI=1S/C16H26FN3/c1-5-18-13(3)15-10-14(17)6-7-16(15)20-9-8-19(4)12(2)11-20/h6-7,10,12-13,18H,5,8-9,11H2,1-4H3. The SMILES string of the molecule is CCNC(C)c1cc(F)ccc1N1CCN(C)C(C)C1. The summed E-state index contributed by atoms with van der Waals surface area (Å²) in [5.74, 6) is -0.157. The van der Waals surface area contributed by atoms with Crippen molar-refractivity contribution in [3.8, 4) is 0 Å². The second kappa shape index (κ2) is 6.55. The molecule has 3 nitrogen and oxygen atoms in total. The van der Waals surface area contributed by atoms with Crippen LogP contribution in [0.2, 0.25) is 0 Å². The maximum atomic E-state index is 13.6. The Bertz CT molecular complexity index is 449. The topological polar surface area (TPSA) is 18.5 Å². The molecule has 1 fully saturated rings.